The molecule has 1 aliphatic heterocycles. The number of rotatable bonds is 5. The number of H-pyrrole nitrogens is 1. The first kappa shape index (κ1) is 18.3. The van der Waals surface area contributed by atoms with Crippen molar-refractivity contribution in [3.8, 4) is 0 Å². The van der Waals surface area contributed by atoms with Gasteiger partial charge >= 0.3 is 5.69 Å². The fourth-order valence-electron chi connectivity index (χ4n) is 3.09. The third-order valence-electron chi connectivity index (χ3n) is 4.54. The molecule has 0 bridgehead atoms. The van der Waals surface area contributed by atoms with E-state index in [1.54, 1.807) is 0 Å². The van der Waals surface area contributed by atoms with Crippen molar-refractivity contribution in [2.24, 2.45) is 0 Å². The van der Waals surface area contributed by atoms with Gasteiger partial charge in [-0.25, -0.2) is 4.79 Å². The molecule has 1 atom stereocenters. The number of anilines is 2. The zero-order valence-electron chi connectivity index (χ0n) is 14.8. The number of nitrogens with two attached hydrogens (primary N) is 1. The van der Waals surface area contributed by atoms with E-state index in [-0.39, 0.29) is 22.7 Å². The lowest BCUT2D eigenvalue weighted by Gasteiger charge is -2.22. The number of unbranched alkanes of at least 4 members (excludes halogenated alkanes) is 1. The predicted molar refractivity (Wildman–Crippen MR) is 104 cm³/mol. The Morgan fingerprint density at radius 1 is 1.38 bits per heavy atom. The number of amides is 1. The number of carbonyl (C=O) groups excluding carboxylic acids is 1. The predicted octanol–water partition coefficient (Wildman–Crippen LogP) is 1.60. The average Bonchev–Trinajstić information content (AvgIpc) is 3.04. The van der Waals surface area contributed by atoms with Gasteiger partial charge in [-0.3, -0.25) is 19.1 Å². The summed E-state index contributed by atoms with van der Waals surface area (Å²) < 4.78 is 1.32. The number of hydrogen-bond donors (Lipinski definition) is 2. The van der Waals surface area contributed by atoms with Crippen LogP contribution in [0.15, 0.2) is 38.8 Å². The van der Waals surface area contributed by atoms with Gasteiger partial charge in [-0.05, 0) is 24.5 Å². The summed E-state index contributed by atoms with van der Waals surface area (Å²) in [5.74, 6) is -0.173. The van der Waals surface area contributed by atoms with Crippen LogP contribution in [0.3, 0.4) is 0 Å². The first-order valence-corrected chi connectivity index (χ1v) is 9.46. The van der Waals surface area contributed by atoms with Gasteiger partial charge < -0.3 is 10.6 Å². The van der Waals surface area contributed by atoms with E-state index >= 15 is 0 Å². The van der Waals surface area contributed by atoms with Crippen molar-refractivity contribution in [1.29, 1.82) is 0 Å². The highest BCUT2D eigenvalue weighted by Crippen LogP contribution is 2.38. The molecule has 2 heterocycles. The summed E-state index contributed by atoms with van der Waals surface area (Å²) >= 11 is 1.49. The van der Waals surface area contributed by atoms with Gasteiger partial charge in [0.15, 0.2) is 5.69 Å². The van der Waals surface area contributed by atoms with Crippen LogP contribution in [0, 0.1) is 0 Å². The maximum absolute atomic E-state index is 12.9. The highest BCUT2D eigenvalue weighted by atomic mass is 32.2. The van der Waals surface area contributed by atoms with Crippen LogP contribution in [0.1, 0.15) is 25.3 Å². The van der Waals surface area contributed by atoms with E-state index in [9.17, 15) is 14.4 Å². The molecule has 1 aliphatic rings. The Labute approximate surface area is 155 Å². The van der Waals surface area contributed by atoms with Crippen LogP contribution in [0.25, 0.3) is 0 Å². The molecule has 8 heteroatoms. The van der Waals surface area contributed by atoms with Crippen molar-refractivity contribution in [3.05, 3.63) is 50.7 Å². The maximum Gasteiger partial charge on any atom is 0.330 e. The summed E-state index contributed by atoms with van der Waals surface area (Å²) in [4.78, 5) is 41.9. The Balaban J connectivity index is 1.90. The number of nitrogens with one attached hydrogen (secondary N) is 1. The zero-order valence-corrected chi connectivity index (χ0v) is 15.6. The van der Waals surface area contributed by atoms with Crippen LogP contribution in [0.5, 0.6) is 0 Å². The zero-order chi connectivity index (χ0) is 18.8. The van der Waals surface area contributed by atoms with Crippen molar-refractivity contribution in [3.63, 3.8) is 0 Å². The minimum atomic E-state index is -0.642. The van der Waals surface area contributed by atoms with Crippen LogP contribution in [-0.2, 0) is 17.8 Å². The van der Waals surface area contributed by atoms with Gasteiger partial charge in [0.05, 0.1) is 5.25 Å². The molecule has 0 saturated carbocycles. The van der Waals surface area contributed by atoms with Crippen molar-refractivity contribution < 1.29 is 4.79 Å². The first-order valence-electron chi connectivity index (χ1n) is 8.58. The largest absolute Gasteiger partial charge is 0.383 e. The third-order valence-corrected chi connectivity index (χ3v) is 5.84. The monoisotopic (exact) mass is 374 g/mol. The lowest BCUT2D eigenvalue weighted by Crippen LogP contribution is -2.42. The normalized spacial score (nSPS) is 15.7. The second-order valence-electron chi connectivity index (χ2n) is 6.31. The minimum absolute atomic E-state index is 0.0299. The van der Waals surface area contributed by atoms with E-state index in [2.05, 4.69) is 4.98 Å². The molecular weight excluding hydrogens is 352 g/mol. The van der Waals surface area contributed by atoms with Crippen LogP contribution < -0.4 is 21.9 Å². The van der Waals surface area contributed by atoms with Gasteiger partial charge in [-0.1, -0.05) is 31.5 Å². The molecule has 0 saturated heterocycles. The molecule has 1 aromatic heterocycles. The number of thioether (sulfide) groups is 1. The molecule has 0 fully saturated rings. The van der Waals surface area contributed by atoms with Gasteiger partial charge in [-0.2, -0.15) is 0 Å². The van der Waals surface area contributed by atoms with Gasteiger partial charge in [0, 0.05) is 18.5 Å². The van der Waals surface area contributed by atoms with E-state index in [1.807, 2.05) is 31.2 Å². The second-order valence-corrected chi connectivity index (χ2v) is 7.56. The number of aromatic nitrogens is 2. The number of hydrogen-bond acceptors (Lipinski definition) is 5. The Hall–Kier alpha value is -2.48. The fourth-order valence-corrected chi connectivity index (χ4v) is 4.37. The lowest BCUT2D eigenvalue weighted by atomic mass is 10.1. The molecule has 1 amide bonds. The minimum Gasteiger partial charge on any atom is -0.383 e. The first-order chi connectivity index (χ1) is 12.4. The summed E-state index contributed by atoms with van der Waals surface area (Å²) in [6, 6.07) is 7.87. The van der Waals surface area contributed by atoms with Gasteiger partial charge in [0.1, 0.15) is 5.82 Å². The Bertz CT molecular complexity index is 925. The number of aromatic amines is 1. The third kappa shape index (κ3) is 3.29. The smallest absolute Gasteiger partial charge is 0.330 e. The van der Waals surface area contributed by atoms with E-state index < -0.39 is 11.2 Å². The van der Waals surface area contributed by atoms with Gasteiger partial charge in [-0.15, -0.1) is 11.8 Å². The van der Waals surface area contributed by atoms with Crippen molar-refractivity contribution in [2.75, 3.05) is 17.7 Å². The summed E-state index contributed by atoms with van der Waals surface area (Å²) in [7, 11) is 1.53. The molecule has 3 rings (SSSR count). The standard InChI is InChI=1S/C18H22N4O3S/c1-3-4-9-22-15(19)14(16(23)20-18(22)25)21(2)17(24)13-10-11-7-5-6-8-12(11)26-13/h5-8,13H,3-4,9-10,19H2,1-2H3,(H,20,23,25). The fraction of sp³-hybridized carbons (Fsp3) is 0.389. The number of benzene rings is 1. The van der Waals surface area contributed by atoms with Crippen molar-refractivity contribution in [1.82, 2.24) is 9.55 Å². The highest BCUT2D eigenvalue weighted by molar-refractivity contribution is 8.01. The van der Waals surface area contributed by atoms with Gasteiger partial charge in [0.25, 0.3) is 5.56 Å². The average molecular weight is 374 g/mol. The van der Waals surface area contributed by atoms with E-state index in [0.29, 0.717) is 13.0 Å². The number of nitrogens with zero attached hydrogens (tertiary/aromatic N) is 2. The number of fused-ring (bicyclic) bond motifs is 1. The molecule has 26 heavy (non-hydrogen) atoms. The summed E-state index contributed by atoms with van der Waals surface area (Å²) in [6.45, 7) is 2.40. The Morgan fingerprint density at radius 3 is 2.81 bits per heavy atom. The Morgan fingerprint density at radius 2 is 2.12 bits per heavy atom. The van der Waals surface area contributed by atoms with Crippen LogP contribution >= 0.6 is 11.8 Å². The second kappa shape index (κ2) is 7.41. The maximum atomic E-state index is 12.9. The molecule has 0 radical (unpaired) electrons. The molecule has 1 aromatic carbocycles. The molecule has 2 aromatic rings. The van der Waals surface area contributed by atoms with Crippen molar-refractivity contribution in [2.45, 2.75) is 42.9 Å². The molecule has 1 unspecified atom stereocenters. The van der Waals surface area contributed by atoms with Crippen LogP contribution in [-0.4, -0.2) is 27.8 Å². The van der Waals surface area contributed by atoms with Crippen LogP contribution in [0.2, 0.25) is 0 Å². The van der Waals surface area contributed by atoms with E-state index in [0.717, 1.165) is 23.3 Å². The number of nitrogen functional groups attached to an aromatic ring is 1. The molecule has 0 aliphatic carbocycles. The van der Waals surface area contributed by atoms with Crippen molar-refractivity contribution >= 4 is 29.2 Å². The van der Waals surface area contributed by atoms with Gasteiger partial charge in [0.2, 0.25) is 5.91 Å². The SMILES string of the molecule is CCCCn1c(N)c(N(C)C(=O)C2Cc3ccccc3S2)c(=O)[nH]c1=O. The van der Waals surface area contributed by atoms with Crippen LogP contribution in [0.4, 0.5) is 11.5 Å². The summed E-state index contributed by atoms with van der Waals surface area (Å²) in [5.41, 5.74) is 6.05. The molecule has 138 valence electrons. The molecular formula is C18H22N4O3S. The lowest BCUT2D eigenvalue weighted by molar-refractivity contribution is -0.117. The molecule has 7 nitrogen and oxygen atoms in total. The summed E-state index contributed by atoms with van der Waals surface area (Å²) in [5, 5.41) is -0.313. The summed E-state index contributed by atoms with van der Waals surface area (Å²) in [6.07, 6.45) is 2.24. The molecule has 0 spiro atoms. The van der Waals surface area contributed by atoms with E-state index in [1.165, 1.54) is 28.3 Å². The Kier molecular flexibility index (Phi) is 5.22. The number of carbonyl (C=O) groups is 1. The topological polar surface area (TPSA) is 101 Å². The van der Waals surface area contributed by atoms with E-state index in [4.69, 9.17) is 5.73 Å². The highest BCUT2D eigenvalue weighted by Gasteiger charge is 2.32. The quantitative estimate of drug-likeness (QED) is 0.828. The molecule has 3 N–H and O–H groups in total.